The highest BCUT2D eigenvalue weighted by Crippen LogP contribution is 2.20. The Morgan fingerprint density at radius 2 is 2.00 bits per heavy atom. The number of anilines is 1. The van der Waals surface area contributed by atoms with Crippen LogP contribution in [0.1, 0.15) is 10.4 Å². The molecule has 0 aliphatic heterocycles. The molecule has 0 aliphatic rings. The molecule has 6 nitrogen and oxygen atoms in total. The number of aromatic amines is 1. The number of imidazole rings is 1. The van der Waals surface area contributed by atoms with Crippen LogP contribution in [0.4, 0.5) is 5.95 Å². The van der Waals surface area contributed by atoms with Crippen molar-refractivity contribution in [1.29, 1.82) is 0 Å². The van der Waals surface area contributed by atoms with E-state index in [1.54, 1.807) is 18.2 Å². The van der Waals surface area contributed by atoms with Gasteiger partial charge >= 0.3 is 5.63 Å². The molecule has 2 heterocycles. The zero-order chi connectivity index (χ0) is 16.7. The zero-order valence-corrected chi connectivity index (χ0v) is 13.8. The Kier molecular flexibility index (Phi) is 3.42. The molecule has 4 rings (SSSR count). The van der Waals surface area contributed by atoms with Crippen LogP contribution in [0.15, 0.2) is 62.2 Å². The molecule has 118 valence electrons. The molecule has 0 bridgehead atoms. The van der Waals surface area contributed by atoms with Gasteiger partial charge in [0.05, 0.1) is 11.0 Å². The number of nitrogens with zero attached hydrogens (tertiary/aromatic N) is 1. The fourth-order valence-corrected chi connectivity index (χ4v) is 2.82. The predicted octanol–water partition coefficient (Wildman–Crippen LogP) is 3.68. The van der Waals surface area contributed by atoms with E-state index < -0.39 is 11.5 Å². The monoisotopic (exact) mass is 383 g/mol. The fraction of sp³-hybridized carbons (Fsp3) is 0. The van der Waals surface area contributed by atoms with Crippen LogP contribution in [0.5, 0.6) is 0 Å². The zero-order valence-electron chi connectivity index (χ0n) is 12.2. The predicted molar refractivity (Wildman–Crippen MR) is 94.2 cm³/mol. The summed E-state index contributed by atoms with van der Waals surface area (Å²) in [4.78, 5) is 31.7. The Morgan fingerprint density at radius 3 is 2.83 bits per heavy atom. The van der Waals surface area contributed by atoms with Gasteiger partial charge in [-0.2, -0.15) is 0 Å². The van der Waals surface area contributed by atoms with E-state index in [0.29, 0.717) is 11.0 Å². The largest absolute Gasteiger partial charge is 0.422 e. The van der Waals surface area contributed by atoms with Crippen molar-refractivity contribution >= 4 is 49.8 Å². The van der Waals surface area contributed by atoms with Crippen molar-refractivity contribution in [3.05, 3.63) is 69.0 Å². The van der Waals surface area contributed by atoms with Gasteiger partial charge in [0.15, 0.2) is 0 Å². The van der Waals surface area contributed by atoms with Crippen molar-refractivity contribution in [1.82, 2.24) is 9.97 Å². The van der Waals surface area contributed by atoms with Crippen LogP contribution >= 0.6 is 15.9 Å². The molecule has 1 amide bonds. The molecule has 0 saturated carbocycles. The van der Waals surface area contributed by atoms with E-state index in [9.17, 15) is 9.59 Å². The average molecular weight is 384 g/mol. The molecular weight excluding hydrogens is 374 g/mol. The number of fused-ring (bicyclic) bond motifs is 2. The molecule has 0 aliphatic carbocycles. The fourth-order valence-electron chi connectivity index (χ4n) is 2.44. The average Bonchev–Trinajstić information content (AvgIpc) is 2.96. The highest BCUT2D eigenvalue weighted by Gasteiger charge is 2.15. The van der Waals surface area contributed by atoms with Crippen LogP contribution in [0.25, 0.3) is 22.0 Å². The lowest BCUT2D eigenvalue weighted by molar-refractivity contribution is 0.102. The number of para-hydroxylation sites is 2. The summed E-state index contributed by atoms with van der Waals surface area (Å²) in [6.45, 7) is 0. The van der Waals surface area contributed by atoms with Crippen LogP contribution in [0.2, 0.25) is 0 Å². The third-order valence-corrected chi connectivity index (χ3v) is 4.05. The molecule has 0 unspecified atom stereocenters. The standard InChI is InChI=1S/C17H10BrN3O3/c18-10-5-6-14-9(7-10)8-11(16(23)24-14)15(22)21-17-19-12-3-1-2-4-13(12)20-17/h1-8H,(H2,19,20,21,22). The van der Waals surface area contributed by atoms with Crippen molar-refractivity contribution in [2.45, 2.75) is 0 Å². The summed E-state index contributed by atoms with van der Waals surface area (Å²) >= 11 is 3.35. The molecule has 0 radical (unpaired) electrons. The minimum Gasteiger partial charge on any atom is -0.422 e. The number of hydrogen-bond acceptors (Lipinski definition) is 4. The van der Waals surface area contributed by atoms with Gasteiger partial charge in [0, 0.05) is 9.86 Å². The number of rotatable bonds is 2. The van der Waals surface area contributed by atoms with Crippen LogP contribution < -0.4 is 10.9 Å². The van der Waals surface area contributed by atoms with Crippen molar-refractivity contribution < 1.29 is 9.21 Å². The van der Waals surface area contributed by atoms with E-state index in [2.05, 4.69) is 31.2 Å². The van der Waals surface area contributed by atoms with Crippen LogP contribution in [-0.2, 0) is 0 Å². The molecule has 2 aromatic heterocycles. The van der Waals surface area contributed by atoms with Crippen LogP contribution in [0.3, 0.4) is 0 Å². The maximum absolute atomic E-state index is 12.4. The van der Waals surface area contributed by atoms with E-state index in [1.165, 1.54) is 6.07 Å². The number of nitrogens with one attached hydrogen (secondary N) is 2. The summed E-state index contributed by atoms with van der Waals surface area (Å²) in [5.41, 5.74) is 1.16. The van der Waals surface area contributed by atoms with Crippen LogP contribution in [0, 0.1) is 0 Å². The SMILES string of the molecule is O=C(Nc1nc2ccccc2[nH]1)c1cc2cc(Br)ccc2oc1=O. The van der Waals surface area contributed by atoms with Crippen LogP contribution in [-0.4, -0.2) is 15.9 Å². The minimum atomic E-state index is -0.696. The first-order valence-corrected chi connectivity index (χ1v) is 7.89. The van der Waals surface area contributed by atoms with Gasteiger partial charge in [-0.05, 0) is 36.4 Å². The number of amides is 1. The molecule has 2 aromatic carbocycles. The Bertz CT molecular complexity index is 1110. The molecule has 0 spiro atoms. The highest BCUT2D eigenvalue weighted by molar-refractivity contribution is 9.10. The highest BCUT2D eigenvalue weighted by atomic mass is 79.9. The third-order valence-electron chi connectivity index (χ3n) is 3.56. The van der Waals surface area contributed by atoms with Crippen molar-refractivity contribution in [2.24, 2.45) is 0 Å². The summed E-state index contributed by atoms with van der Waals surface area (Å²) in [6, 6.07) is 14.1. The lowest BCUT2D eigenvalue weighted by Gasteiger charge is -2.03. The summed E-state index contributed by atoms with van der Waals surface area (Å²) in [5.74, 6) is -0.306. The molecular formula is C17H10BrN3O3. The van der Waals surface area contributed by atoms with E-state index >= 15 is 0 Å². The lowest BCUT2D eigenvalue weighted by Crippen LogP contribution is -2.21. The second kappa shape index (κ2) is 5.61. The molecule has 0 fully saturated rings. The second-order valence-electron chi connectivity index (χ2n) is 5.19. The van der Waals surface area contributed by atoms with Gasteiger partial charge in [0.2, 0.25) is 5.95 Å². The molecule has 24 heavy (non-hydrogen) atoms. The molecule has 2 N–H and O–H groups in total. The molecule has 0 saturated heterocycles. The normalized spacial score (nSPS) is 11.0. The number of carbonyl (C=O) groups excluding carboxylic acids is 1. The van der Waals surface area contributed by atoms with Gasteiger partial charge in [0.1, 0.15) is 11.1 Å². The minimum absolute atomic E-state index is 0.0824. The maximum atomic E-state index is 12.4. The number of halogens is 1. The number of benzene rings is 2. The second-order valence-corrected chi connectivity index (χ2v) is 6.10. The first-order chi connectivity index (χ1) is 11.6. The maximum Gasteiger partial charge on any atom is 0.349 e. The summed E-state index contributed by atoms with van der Waals surface area (Å²) in [7, 11) is 0. The first-order valence-electron chi connectivity index (χ1n) is 7.10. The van der Waals surface area contributed by atoms with E-state index in [1.807, 2.05) is 24.3 Å². The summed E-state index contributed by atoms with van der Waals surface area (Å²) in [6.07, 6.45) is 0. The molecule has 7 heteroatoms. The van der Waals surface area contributed by atoms with E-state index in [0.717, 1.165) is 15.5 Å². The van der Waals surface area contributed by atoms with E-state index in [4.69, 9.17) is 4.42 Å². The number of H-pyrrole nitrogens is 1. The lowest BCUT2D eigenvalue weighted by atomic mass is 10.2. The number of aromatic nitrogens is 2. The summed E-state index contributed by atoms with van der Waals surface area (Å²) in [5, 5.41) is 3.24. The first kappa shape index (κ1) is 14.6. The topological polar surface area (TPSA) is 88.0 Å². The van der Waals surface area contributed by atoms with Gasteiger partial charge in [-0.15, -0.1) is 0 Å². The van der Waals surface area contributed by atoms with Gasteiger partial charge in [-0.3, -0.25) is 10.1 Å². The van der Waals surface area contributed by atoms with Gasteiger partial charge in [-0.1, -0.05) is 28.1 Å². The summed E-state index contributed by atoms with van der Waals surface area (Å²) < 4.78 is 6.02. The Morgan fingerprint density at radius 1 is 1.17 bits per heavy atom. The molecule has 4 aromatic rings. The van der Waals surface area contributed by atoms with Crippen molar-refractivity contribution in [2.75, 3.05) is 5.32 Å². The van der Waals surface area contributed by atoms with Crippen molar-refractivity contribution in [3.8, 4) is 0 Å². The van der Waals surface area contributed by atoms with Gasteiger partial charge in [-0.25, -0.2) is 9.78 Å². The Hall–Kier alpha value is -2.93. The number of carbonyl (C=O) groups is 1. The number of hydrogen-bond donors (Lipinski definition) is 2. The van der Waals surface area contributed by atoms with E-state index in [-0.39, 0.29) is 11.5 Å². The van der Waals surface area contributed by atoms with Gasteiger partial charge in [0.25, 0.3) is 5.91 Å². The quantitative estimate of drug-likeness (QED) is 0.516. The third kappa shape index (κ3) is 2.59. The molecule has 0 atom stereocenters. The Balaban J connectivity index is 1.72. The van der Waals surface area contributed by atoms with Crippen molar-refractivity contribution in [3.63, 3.8) is 0 Å². The smallest absolute Gasteiger partial charge is 0.349 e. The Labute approximate surface area is 143 Å². The van der Waals surface area contributed by atoms with Gasteiger partial charge < -0.3 is 9.40 Å².